The van der Waals surface area contributed by atoms with Crippen molar-refractivity contribution in [3.05, 3.63) is 89.4 Å². The smallest absolute Gasteiger partial charge is 0.425 e. The van der Waals surface area contributed by atoms with Crippen molar-refractivity contribution in [1.82, 2.24) is 25.1 Å². The van der Waals surface area contributed by atoms with Crippen LogP contribution >= 0.6 is 0 Å². The van der Waals surface area contributed by atoms with Gasteiger partial charge in [0.05, 0.1) is 19.2 Å². The normalized spacial score (nSPS) is 14.0. The standard InChI is InChI=1S/C41H52FN7O5/c1-8-30(6)44-38(50)25-31-12-14-35(36(24-31)52-7)54-41(51)49(39-28(4)10-9-11-29(39)5)37-16-17-43-40(46-37)45-32-13-15-34(33(42)26-32)53-23-22-47-18-20-48(21-19-47)27(2)3/h9-17,24,26-27,30H,8,18-23,25H2,1-7H3,(H,44,50)(H,43,45,46). The first-order valence-corrected chi connectivity index (χ1v) is 18.5. The molecule has 2 heterocycles. The Hall–Kier alpha value is -5.27. The summed E-state index contributed by atoms with van der Waals surface area (Å²) < 4.78 is 32.5. The summed E-state index contributed by atoms with van der Waals surface area (Å²) in [6.07, 6.45) is 1.74. The maximum absolute atomic E-state index is 15.2. The number of rotatable bonds is 15. The summed E-state index contributed by atoms with van der Waals surface area (Å²) in [4.78, 5) is 41.8. The Labute approximate surface area is 317 Å². The van der Waals surface area contributed by atoms with Gasteiger partial charge in [0.15, 0.2) is 23.1 Å². The average Bonchev–Trinajstić information content (AvgIpc) is 3.14. The minimum atomic E-state index is -0.744. The van der Waals surface area contributed by atoms with Crippen molar-refractivity contribution in [2.24, 2.45) is 0 Å². The molecule has 0 bridgehead atoms. The minimum absolute atomic E-state index is 0.0609. The van der Waals surface area contributed by atoms with E-state index < -0.39 is 11.9 Å². The molecule has 0 saturated carbocycles. The highest BCUT2D eigenvalue weighted by Gasteiger charge is 2.27. The molecule has 2 N–H and O–H groups in total. The number of carbonyl (C=O) groups is 2. The molecule has 0 radical (unpaired) electrons. The number of aromatic nitrogens is 2. The van der Waals surface area contributed by atoms with Gasteiger partial charge >= 0.3 is 6.09 Å². The summed E-state index contributed by atoms with van der Waals surface area (Å²) in [5.41, 5.74) is 3.32. The minimum Gasteiger partial charge on any atom is -0.493 e. The average molecular weight is 742 g/mol. The molecule has 12 nitrogen and oxygen atoms in total. The van der Waals surface area contributed by atoms with E-state index in [-0.39, 0.29) is 41.6 Å². The Kier molecular flexibility index (Phi) is 13.8. The summed E-state index contributed by atoms with van der Waals surface area (Å²) in [5, 5.41) is 6.01. The lowest BCUT2D eigenvalue weighted by molar-refractivity contribution is -0.121. The molecule has 13 heteroatoms. The van der Waals surface area contributed by atoms with Gasteiger partial charge in [0.2, 0.25) is 11.9 Å². The predicted molar refractivity (Wildman–Crippen MR) is 209 cm³/mol. The van der Waals surface area contributed by atoms with E-state index in [1.807, 2.05) is 45.9 Å². The topological polar surface area (TPSA) is 121 Å². The van der Waals surface area contributed by atoms with E-state index in [1.54, 1.807) is 36.4 Å². The molecule has 1 aliphatic rings. The Morgan fingerprint density at radius 1 is 0.944 bits per heavy atom. The molecule has 1 atom stereocenters. The van der Waals surface area contributed by atoms with E-state index in [2.05, 4.69) is 44.2 Å². The van der Waals surface area contributed by atoms with E-state index in [4.69, 9.17) is 14.2 Å². The number of nitrogens with zero attached hydrogens (tertiary/aromatic N) is 5. The number of hydrogen-bond acceptors (Lipinski definition) is 10. The van der Waals surface area contributed by atoms with Gasteiger partial charge in [-0.3, -0.25) is 14.6 Å². The molecule has 3 aromatic carbocycles. The van der Waals surface area contributed by atoms with Crippen molar-refractivity contribution < 1.29 is 28.2 Å². The van der Waals surface area contributed by atoms with Crippen LogP contribution in [-0.2, 0) is 11.2 Å². The van der Waals surface area contributed by atoms with Gasteiger partial charge in [-0.25, -0.2) is 19.1 Å². The first-order chi connectivity index (χ1) is 25.9. The second-order valence-electron chi connectivity index (χ2n) is 13.8. The van der Waals surface area contributed by atoms with Crippen LogP contribution in [0.5, 0.6) is 17.2 Å². The van der Waals surface area contributed by atoms with Crippen molar-refractivity contribution in [2.45, 2.75) is 66.5 Å². The third-order valence-corrected chi connectivity index (χ3v) is 9.52. The molecular weight excluding hydrogens is 689 g/mol. The van der Waals surface area contributed by atoms with Crippen molar-refractivity contribution in [1.29, 1.82) is 0 Å². The van der Waals surface area contributed by atoms with Crippen LogP contribution in [0, 0.1) is 19.7 Å². The number of aryl methyl sites for hydroxylation is 2. The molecule has 2 amide bonds. The molecule has 0 aliphatic carbocycles. The Morgan fingerprint density at radius 3 is 2.33 bits per heavy atom. The molecule has 1 saturated heterocycles. The third-order valence-electron chi connectivity index (χ3n) is 9.52. The summed E-state index contributed by atoms with van der Waals surface area (Å²) in [5.74, 6) is 0.366. The highest BCUT2D eigenvalue weighted by atomic mass is 19.1. The molecule has 1 aliphatic heterocycles. The van der Waals surface area contributed by atoms with Crippen LogP contribution in [0.1, 0.15) is 50.8 Å². The van der Waals surface area contributed by atoms with Gasteiger partial charge in [-0.1, -0.05) is 31.2 Å². The molecule has 1 unspecified atom stereocenters. The molecule has 5 rings (SSSR count). The predicted octanol–water partition coefficient (Wildman–Crippen LogP) is 7.18. The fourth-order valence-corrected chi connectivity index (χ4v) is 6.26. The molecule has 0 spiro atoms. The van der Waals surface area contributed by atoms with Crippen LogP contribution in [-0.4, -0.2) is 90.3 Å². The van der Waals surface area contributed by atoms with Crippen LogP contribution in [0.4, 0.5) is 32.3 Å². The Morgan fingerprint density at radius 2 is 1.67 bits per heavy atom. The third kappa shape index (κ3) is 10.4. The zero-order valence-electron chi connectivity index (χ0n) is 32.3. The molecule has 54 heavy (non-hydrogen) atoms. The van der Waals surface area contributed by atoms with Gasteiger partial charge in [-0.15, -0.1) is 0 Å². The van der Waals surface area contributed by atoms with Crippen molar-refractivity contribution >= 4 is 35.1 Å². The quantitative estimate of drug-likeness (QED) is 0.130. The maximum Gasteiger partial charge on any atom is 0.425 e. The van der Waals surface area contributed by atoms with Gasteiger partial charge in [-0.05, 0) is 82.0 Å². The monoisotopic (exact) mass is 741 g/mol. The van der Waals surface area contributed by atoms with Crippen LogP contribution in [0.25, 0.3) is 0 Å². The Bertz CT molecular complexity index is 1880. The van der Waals surface area contributed by atoms with E-state index >= 15 is 4.39 Å². The number of hydrogen-bond donors (Lipinski definition) is 2. The van der Waals surface area contributed by atoms with Gasteiger partial charge in [0.25, 0.3) is 0 Å². The number of methoxy groups -OCH3 is 1. The lowest BCUT2D eigenvalue weighted by atomic mass is 10.1. The molecule has 1 fully saturated rings. The number of anilines is 4. The number of para-hydroxylation sites is 1. The number of piperazine rings is 1. The fourth-order valence-electron chi connectivity index (χ4n) is 6.26. The van der Waals surface area contributed by atoms with E-state index in [9.17, 15) is 9.59 Å². The zero-order valence-corrected chi connectivity index (χ0v) is 32.3. The van der Waals surface area contributed by atoms with Crippen molar-refractivity contribution in [3.63, 3.8) is 0 Å². The summed E-state index contributed by atoms with van der Waals surface area (Å²) in [7, 11) is 1.47. The van der Waals surface area contributed by atoms with Crippen LogP contribution in [0.15, 0.2) is 66.9 Å². The summed E-state index contributed by atoms with van der Waals surface area (Å²) in [6, 6.07) is 17.5. The largest absolute Gasteiger partial charge is 0.493 e. The number of carbonyl (C=O) groups excluding carboxylic acids is 2. The summed E-state index contributed by atoms with van der Waals surface area (Å²) >= 11 is 0. The molecule has 4 aromatic rings. The first-order valence-electron chi connectivity index (χ1n) is 18.5. The van der Waals surface area contributed by atoms with Crippen LogP contribution in [0.3, 0.4) is 0 Å². The van der Waals surface area contributed by atoms with E-state index in [0.29, 0.717) is 35.3 Å². The lowest BCUT2D eigenvalue weighted by Crippen LogP contribution is -2.49. The second kappa shape index (κ2) is 18.7. The SMILES string of the molecule is CCC(C)NC(=O)Cc1ccc(OC(=O)N(c2ccnc(Nc3ccc(OCCN4CCN(C(C)C)CC4)c(F)c3)n2)c2c(C)cccc2C)c(OC)c1. The second-order valence-corrected chi connectivity index (χ2v) is 13.8. The highest BCUT2D eigenvalue weighted by molar-refractivity contribution is 5.98. The van der Waals surface area contributed by atoms with Gasteiger partial charge in [0, 0.05) is 68.8 Å². The van der Waals surface area contributed by atoms with Crippen molar-refractivity contribution in [3.8, 4) is 17.2 Å². The lowest BCUT2D eigenvalue weighted by Gasteiger charge is -2.36. The highest BCUT2D eigenvalue weighted by Crippen LogP contribution is 2.35. The molecule has 1 aromatic heterocycles. The van der Waals surface area contributed by atoms with Crippen molar-refractivity contribution in [2.75, 3.05) is 56.7 Å². The fraction of sp³-hybridized carbons (Fsp3) is 0.415. The number of amides is 2. The number of halogens is 1. The summed E-state index contributed by atoms with van der Waals surface area (Å²) in [6.45, 7) is 17.2. The molecular formula is C41H52FN7O5. The number of nitrogens with one attached hydrogen (secondary N) is 2. The number of benzene rings is 3. The van der Waals surface area contributed by atoms with E-state index in [0.717, 1.165) is 50.3 Å². The van der Waals surface area contributed by atoms with Gasteiger partial charge in [-0.2, -0.15) is 4.98 Å². The maximum atomic E-state index is 15.2. The van der Waals surface area contributed by atoms with Gasteiger partial charge < -0.3 is 24.8 Å². The van der Waals surface area contributed by atoms with Crippen LogP contribution in [0.2, 0.25) is 0 Å². The Balaban J connectivity index is 1.30. The zero-order chi connectivity index (χ0) is 38.8. The number of ether oxygens (including phenoxy) is 3. The first kappa shape index (κ1) is 39.9. The van der Waals surface area contributed by atoms with Gasteiger partial charge in [0.1, 0.15) is 12.4 Å². The van der Waals surface area contributed by atoms with E-state index in [1.165, 1.54) is 24.3 Å². The van der Waals surface area contributed by atoms with Crippen LogP contribution < -0.4 is 29.7 Å². The molecule has 288 valence electrons.